The van der Waals surface area contributed by atoms with Crippen molar-refractivity contribution in [2.75, 3.05) is 33.5 Å². The van der Waals surface area contributed by atoms with Crippen molar-refractivity contribution < 1.29 is 22.7 Å². The van der Waals surface area contributed by atoms with Crippen molar-refractivity contribution >= 4 is 33.0 Å². The molecular formula is C30H37N3O5S. The molecule has 1 saturated carbocycles. The summed E-state index contributed by atoms with van der Waals surface area (Å²) < 4.78 is 40.7. The Morgan fingerprint density at radius 2 is 1.90 bits per heavy atom. The highest BCUT2D eigenvalue weighted by Crippen LogP contribution is 2.31. The summed E-state index contributed by atoms with van der Waals surface area (Å²) in [4.78, 5) is 18.4. The Balaban J connectivity index is 1.22. The summed E-state index contributed by atoms with van der Waals surface area (Å²) in [5, 5.41) is 0.939. The van der Waals surface area contributed by atoms with Crippen molar-refractivity contribution in [3.05, 3.63) is 54.1 Å². The van der Waals surface area contributed by atoms with Crippen molar-refractivity contribution in [2.45, 2.75) is 50.0 Å². The van der Waals surface area contributed by atoms with Crippen molar-refractivity contribution in [1.29, 1.82) is 0 Å². The average Bonchev–Trinajstić information content (AvgIpc) is 3.39. The second kappa shape index (κ2) is 12.0. The number of rotatable bonds is 8. The molecule has 1 atom stereocenters. The molecule has 2 aromatic carbocycles. The molecule has 2 aliphatic rings. The van der Waals surface area contributed by atoms with E-state index in [4.69, 9.17) is 9.47 Å². The maximum absolute atomic E-state index is 13.0. The van der Waals surface area contributed by atoms with Crippen LogP contribution < -0.4 is 0 Å². The number of aromatic amines is 1. The van der Waals surface area contributed by atoms with Gasteiger partial charge in [-0.2, -0.15) is 12.8 Å². The van der Waals surface area contributed by atoms with E-state index < -0.39 is 10.0 Å². The quantitative estimate of drug-likeness (QED) is 0.404. The SMILES string of the molecule is COCCc1ccc(-c2cc3ccc(S(=O)(=O)N=CC4CCC(C(=O)N5CCOC[C@@H]5C)CC4)cc3[nH]2)cc1. The maximum atomic E-state index is 13.0. The smallest absolute Gasteiger partial charge is 0.282 e. The Bertz CT molecular complexity index is 1420. The van der Waals surface area contributed by atoms with Gasteiger partial charge in [-0.3, -0.25) is 4.79 Å². The van der Waals surface area contributed by atoms with Crippen LogP contribution in [0.4, 0.5) is 0 Å². The number of amides is 1. The van der Waals surface area contributed by atoms with Gasteiger partial charge in [0, 0.05) is 42.4 Å². The van der Waals surface area contributed by atoms with Gasteiger partial charge in [0.2, 0.25) is 5.91 Å². The first kappa shape index (κ1) is 27.6. The highest BCUT2D eigenvalue weighted by atomic mass is 32.2. The molecule has 9 heteroatoms. The number of hydrogen-bond acceptors (Lipinski definition) is 5. The van der Waals surface area contributed by atoms with Crippen LogP contribution >= 0.6 is 0 Å². The molecule has 1 N–H and O–H groups in total. The lowest BCUT2D eigenvalue weighted by Gasteiger charge is -2.37. The van der Waals surface area contributed by atoms with Gasteiger partial charge < -0.3 is 19.4 Å². The summed E-state index contributed by atoms with van der Waals surface area (Å²) in [5.74, 6) is 0.255. The number of H-pyrrole nitrogens is 1. The number of aromatic nitrogens is 1. The number of hydrogen-bond donors (Lipinski definition) is 1. The first-order valence-corrected chi connectivity index (χ1v) is 15.2. The lowest BCUT2D eigenvalue weighted by atomic mass is 9.81. The van der Waals surface area contributed by atoms with E-state index in [1.165, 1.54) is 5.56 Å². The van der Waals surface area contributed by atoms with E-state index >= 15 is 0 Å². The van der Waals surface area contributed by atoms with Gasteiger partial charge >= 0.3 is 0 Å². The molecular weight excluding hydrogens is 514 g/mol. The molecule has 2 heterocycles. The number of fused-ring (bicyclic) bond motifs is 1. The van der Waals surface area contributed by atoms with E-state index in [1.807, 2.05) is 24.0 Å². The molecule has 5 rings (SSSR count). The van der Waals surface area contributed by atoms with Crippen LogP contribution in [-0.4, -0.2) is 69.9 Å². The van der Waals surface area contributed by atoms with Gasteiger partial charge in [0.05, 0.1) is 30.8 Å². The van der Waals surface area contributed by atoms with E-state index in [-0.39, 0.29) is 28.7 Å². The van der Waals surface area contributed by atoms with Gasteiger partial charge in [-0.25, -0.2) is 0 Å². The van der Waals surface area contributed by atoms with E-state index in [2.05, 4.69) is 33.6 Å². The zero-order valence-electron chi connectivity index (χ0n) is 22.6. The van der Waals surface area contributed by atoms with Crippen molar-refractivity contribution in [2.24, 2.45) is 16.2 Å². The number of carbonyl (C=O) groups excluding carboxylic acids is 1. The first-order valence-electron chi connectivity index (χ1n) is 13.7. The summed E-state index contributed by atoms with van der Waals surface area (Å²) >= 11 is 0. The van der Waals surface area contributed by atoms with Crippen LogP contribution in [0.25, 0.3) is 22.2 Å². The minimum absolute atomic E-state index is 0.00199. The molecule has 0 bridgehead atoms. The number of nitrogens with one attached hydrogen (secondary N) is 1. The number of ether oxygens (including phenoxy) is 2. The number of carbonyl (C=O) groups is 1. The van der Waals surface area contributed by atoms with E-state index in [1.54, 1.807) is 25.5 Å². The fourth-order valence-electron chi connectivity index (χ4n) is 5.52. The van der Waals surface area contributed by atoms with E-state index in [0.29, 0.717) is 26.4 Å². The zero-order chi connectivity index (χ0) is 27.4. The minimum atomic E-state index is -3.83. The molecule has 0 spiro atoms. The lowest BCUT2D eigenvalue weighted by Crippen LogP contribution is -2.49. The van der Waals surface area contributed by atoms with Gasteiger partial charge in [-0.05, 0) is 74.3 Å². The van der Waals surface area contributed by atoms with Gasteiger partial charge in [0.15, 0.2) is 0 Å². The second-order valence-corrected chi connectivity index (χ2v) is 12.3. The number of benzene rings is 2. The summed E-state index contributed by atoms with van der Waals surface area (Å²) in [6.45, 7) is 4.53. The molecule has 39 heavy (non-hydrogen) atoms. The maximum Gasteiger partial charge on any atom is 0.282 e. The van der Waals surface area contributed by atoms with Crippen LogP contribution in [0.5, 0.6) is 0 Å². The highest BCUT2D eigenvalue weighted by Gasteiger charge is 2.32. The monoisotopic (exact) mass is 551 g/mol. The third-order valence-corrected chi connectivity index (χ3v) is 9.18. The fourth-order valence-corrected chi connectivity index (χ4v) is 6.49. The summed E-state index contributed by atoms with van der Waals surface area (Å²) in [6.07, 6.45) is 5.46. The number of nitrogens with zero attached hydrogens (tertiary/aromatic N) is 2. The largest absolute Gasteiger partial charge is 0.384 e. The Labute approximate surface area is 230 Å². The number of morpholine rings is 1. The van der Waals surface area contributed by atoms with Gasteiger partial charge in [-0.1, -0.05) is 30.3 Å². The molecule has 8 nitrogen and oxygen atoms in total. The molecule has 1 amide bonds. The van der Waals surface area contributed by atoms with Crippen molar-refractivity contribution in [3.8, 4) is 11.3 Å². The lowest BCUT2D eigenvalue weighted by molar-refractivity contribution is -0.144. The Kier molecular flexibility index (Phi) is 8.49. The molecule has 1 aliphatic carbocycles. The average molecular weight is 552 g/mol. The van der Waals surface area contributed by atoms with Crippen LogP contribution in [0.15, 0.2) is 57.8 Å². The summed E-state index contributed by atoms with van der Waals surface area (Å²) in [7, 11) is -2.13. The van der Waals surface area contributed by atoms with Gasteiger partial charge in [0.1, 0.15) is 0 Å². The van der Waals surface area contributed by atoms with Crippen LogP contribution in [0.3, 0.4) is 0 Å². The van der Waals surface area contributed by atoms with E-state index in [9.17, 15) is 13.2 Å². The van der Waals surface area contributed by atoms with Crippen LogP contribution in [-0.2, 0) is 30.7 Å². The predicted octanol–water partition coefficient (Wildman–Crippen LogP) is 4.84. The fraction of sp³-hybridized carbons (Fsp3) is 0.467. The Morgan fingerprint density at radius 3 is 2.62 bits per heavy atom. The minimum Gasteiger partial charge on any atom is -0.384 e. The van der Waals surface area contributed by atoms with E-state index in [0.717, 1.165) is 54.3 Å². The molecule has 1 aromatic heterocycles. The molecule has 0 radical (unpaired) electrons. The number of sulfonamides is 1. The van der Waals surface area contributed by atoms with Gasteiger partial charge in [-0.15, -0.1) is 0 Å². The van der Waals surface area contributed by atoms with Crippen molar-refractivity contribution in [3.63, 3.8) is 0 Å². The molecule has 1 aliphatic heterocycles. The summed E-state index contributed by atoms with van der Waals surface area (Å²) in [6, 6.07) is 15.5. The van der Waals surface area contributed by atoms with Crippen LogP contribution in [0, 0.1) is 11.8 Å². The third kappa shape index (κ3) is 6.42. The highest BCUT2D eigenvalue weighted by molar-refractivity contribution is 7.90. The molecule has 3 aromatic rings. The molecule has 2 fully saturated rings. The van der Waals surface area contributed by atoms with Crippen LogP contribution in [0.2, 0.25) is 0 Å². The van der Waals surface area contributed by atoms with Gasteiger partial charge in [0.25, 0.3) is 10.0 Å². The zero-order valence-corrected chi connectivity index (χ0v) is 23.5. The molecule has 208 valence electrons. The van der Waals surface area contributed by atoms with Crippen LogP contribution in [0.1, 0.15) is 38.2 Å². The number of methoxy groups -OCH3 is 1. The standard InChI is InChI=1S/C30H37N3O5S/c1-21-20-38-16-14-33(21)30(34)25-9-5-23(6-10-25)19-31-39(35,36)27-12-11-26-17-28(32-29(26)18-27)24-7-3-22(4-8-24)13-15-37-2/h3-4,7-8,11-12,17-19,21,23,25,32H,5-6,9-10,13-16,20H2,1-2H3/t21-,23?,25?/m0/s1. The Morgan fingerprint density at radius 1 is 1.13 bits per heavy atom. The van der Waals surface area contributed by atoms with Crippen molar-refractivity contribution in [1.82, 2.24) is 9.88 Å². The second-order valence-electron chi connectivity index (χ2n) is 10.7. The topological polar surface area (TPSA) is 101 Å². The Hall–Kier alpha value is -3.01. The normalized spacial score (nSPS) is 22.5. The molecule has 1 saturated heterocycles. The molecule has 0 unspecified atom stereocenters. The first-order chi connectivity index (χ1) is 18.8. The predicted molar refractivity (Wildman–Crippen MR) is 152 cm³/mol. The third-order valence-electron chi connectivity index (χ3n) is 7.93. The summed E-state index contributed by atoms with van der Waals surface area (Å²) in [5.41, 5.74) is 3.92.